The van der Waals surface area contributed by atoms with Gasteiger partial charge in [-0.05, 0) is 48.7 Å². The monoisotopic (exact) mass is 329 g/mol. The van der Waals surface area contributed by atoms with Gasteiger partial charge in [0.1, 0.15) is 11.5 Å². The van der Waals surface area contributed by atoms with Gasteiger partial charge in [-0.1, -0.05) is 25.8 Å². The minimum Gasteiger partial charge on any atom is -0.364 e. The highest BCUT2D eigenvalue weighted by atomic mass is 15.0. The first-order valence-electron chi connectivity index (χ1n) is 8.62. The van der Waals surface area contributed by atoms with Crippen molar-refractivity contribution in [3.05, 3.63) is 47.3 Å². The molecule has 0 saturated heterocycles. The summed E-state index contributed by atoms with van der Waals surface area (Å²) in [6, 6.07) is 10.1. The molecule has 124 valence electrons. The van der Waals surface area contributed by atoms with E-state index in [9.17, 15) is 0 Å². The van der Waals surface area contributed by atoms with Gasteiger partial charge < -0.3 is 4.85 Å². The van der Waals surface area contributed by atoms with Crippen molar-refractivity contribution in [1.29, 1.82) is 5.26 Å². The number of benzene rings is 1. The number of nitriles is 1. The summed E-state index contributed by atoms with van der Waals surface area (Å²) >= 11 is 0. The molecule has 1 N–H and O–H groups in total. The van der Waals surface area contributed by atoms with Crippen LogP contribution in [0.2, 0.25) is 0 Å². The van der Waals surface area contributed by atoms with Crippen LogP contribution in [0.4, 0.5) is 11.5 Å². The summed E-state index contributed by atoms with van der Waals surface area (Å²) in [5.74, 6) is 1.43. The number of rotatable bonds is 1. The van der Waals surface area contributed by atoms with Crippen LogP contribution in [0.1, 0.15) is 37.7 Å². The normalized spacial score (nSPS) is 17.5. The fraction of sp³-hybridized carbons (Fsp3) is 0.350. The fourth-order valence-electron chi connectivity index (χ4n) is 4.30. The molecular formula is C20H19N5. The maximum absolute atomic E-state index is 9.15. The third-order valence-corrected chi connectivity index (χ3v) is 5.58. The first-order chi connectivity index (χ1) is 12.2. The average Bonchev–Trinajstić information content (AvgIpc) is 3.15. The predicted molar refractivity (Wildman–Crippen MR) is 97.7 cm³/mol. The Balaban J connectivity index is 1.83. The summed E-state index contributed by atoms with van der Waals surface area (Å²) < 4.78 is 1.92. The minimum atomic E-state index is -0.160. The molecule has 2 heterocycles. The summed E-state index contributed by atoms with van der Waals surface area (Å²) in [6.45, 7) is 7.26. The molecule has 5 heteroatoms. The number of aromatic nitrogens is 1. The fourth-order valence-corrected chi connectivity index (χ4v) is 4.30. The number of fused-ring (bicyclic) bond motifs is 2. The van der Waals surface area contributed by atoms with Crippen LogP contribution in [0.25, 0.3) is 16.1 Å². The molecule has 1 aliphatic carbocycles. The first kappa shape index (κ1) is 15.5. The number of aliphatic imine (C=N–C) groups is 1. The van der Waals surface area contributed by atoms with E-state index in [0.717, 1.165) is 48.5 Å². The van der Waals surface area contributed by atoms with Crippen LogP contribution in [0.5, 0.6) is 0 Å². The standard InChI is InChI=1S/C20H19N5/c1-22-18-9-8-17(25(18)2)14-6-7-16-15(12-14)20(10-4-3-5-11-20)19(24-16)23-13-21/h6-9,12H,3-5,10-11H2,2H3,(H,23,24). The predicted octanol–water partition coefficient (Wildman–Crippen LogP) is 4.56. The molecule has 1 aromatic carbocycles. The van der Waals surface area contributed by atoms with Crippen LogP contribution in [0.15, 0.2) is 35.3 Å². The lowest BCUT2D eigenvalue weighted by atomic mass is 9.69. The highest BCUT2D eigenvalue weighted by Gasteiger charge is 2.44. The van der Waals surface area contributed by atoms with Crippen molar-refractivity contribution in [1.82, 2.24) is 9.88 Å². The molecule has 25 heavy (non-hydrogen) atoms. The Morgan fingerprint density at radius 2 is 2.04 bits per heavy atom. The lowest BCUT2D eigenvalue weighted by molar-refractivity contribution is 0.381. The molecule has 1 aromatic heterocycles. The lowest BCUT2D eigenvalue weighted by Crippen LogP contribution is -2.41. The molecule has 5 nitrogen and oxygen atoms in total. The quantitative estimate of drug-likeness (QED) is 0.474. The number of nitrogens with one attached hydrogen (secondary N) is 1. The Morgan fingerprint density at radius 3 is 2.72 bits per heavy atom. The molecule has 1 fully saturated rings. The smallest absolute Gasteiger partial charge is 0.230 e. The first-order valence-corrected chi connectivity index (χ1v) is 8.62. The van der Waals surface area contributed by atoms with Crippen molar-refractivity contribution in [2.24, 2.45) is 12.0 Å². The Kier molecular flexibility index (Phi) is 3.58. The molecule has 1 aliphatic heterocycles. The second-order valence-corrected chi connectivity index (χ2v) is 6.82. The summed E-state index contributed by atoms with van der Waals surface area (Å²) in [5.41, 5.74) is 4.14. The maximum Gasteiger partial charge on any atom is 0.230 e. The molecular weight excluding hydrogens is 310 g/mol. The van der Waals surface area contributed by atoms with Crippen LogP contribution < -0.4 is 5.32 Å². The number of hydrogen-bond acceptors (Lipinski definition) is 3. The molecule has 1 saturated carbocycles. The second kappa shape index (κ2) is 5.79. The molecule has 0 atom stereocenters. The van der Waals surface area contributed by atoms with Crippen molar-refractivity contribution >= 4 is 17.3 Å². The Morgan fingerprint density at radius 1 is 1.24 bits per heavy atom. The zero-order chi connectivity index (χ0) is 17.4. The third kappa shape index (κ3) is 2.24. The second-order valence-electron chi connectivity index (χ2n) is 6.82. The largest absolute Gasteiger partial charge is 0.364 e. The van der Waals surface area contributed by atoms with Crippen LogP contribution >= 0.6 is 0 Å². The Labute approximate surface area is 147 Å². The minimum absolute atomic E-state index is 0.160. The topological polar surface area (TPSA) is 57.5 Å². The van der Waals surface area contributed by atoms with E-state index in [1.54, 1.807) is 0 Å². The van der Waals surface area contributed by atoms with Gasteiger partial charge in [0.2, 0.25) is 5.82 Å². The van der Waals surface area contributed by atoms with Crippen molar-refractivity contribution < 1.29 is 0 Å². The van der Waals surface area contributed by atoms with E-state index >= 15 is 0 Å². The average molecular weight is 329 g/mol. The van der Waals surface area contributed by atoms with Crippen molar-refractivity contribution in [2.45, 2.75) is 37.5 Å². The van der Waals surface area contributed by atoms with E-state index in [4.69, 9.17) is 16.8 Å². The van der Waals surface area contributed by atoms with E-state index in [1.165, 1.54) is 12.0 Å². The number of amidine groups is 1. The van der Waals surface area contributed by atoms with Crippen molar-refractivity contribution in [3.63, 3.8) is 0 Å². The van der Waals surface area contributed by atoms with E-state index in [1.807, 2.05) is 29.8 Å². The van der Waals surface area contributed by atoms with Crippen molar-refractivity contribution in [3.8, 4) is 17.5 Å². The van der Waals surface area contributed by atoms with Gasteiger partial charge in [0.25, 0.3) is 0 Å². The summed E-state index contributed by atoms with van der Waals surface area (Å²) in [5, 5.41) is 12.0. The SMILES string of the molecule is [C-]#[N+]c1ccc(-c2ccc3c(c2)C2(CCCCC2)C(NC#N)=N3)n1C. The summed E-state index contributed by atoms with van der Waals surface area (Å²) in [7, 11) is 1.92. The van der Waals surface area contributed by atoms with E-state index < -0.39 is 0 Å². The van der Waals surface area contributed by atoms with Gasteiger partial charge in [-0.2, -0.15) is 5.26 Å². The van der Waals surface area contributed by atoms with Gasteiger partial charge >= 0.3 is 0 Å². The molecule has 1 spiro atoms. The molecule has 2 aromatic rings. The zero-order valence-corrected chi connectivity index (χ0v) is 14.2. The van der Waals surface area contributed by atoms with Gasteiger partial charge in [0.15, 0.2) is 6.19 Å². The summed E-state index contributed by atoms with van der Waals surface area (Å²) in [6.07, 6.45) is 7.66. The van der Waals surface area contributed by atoms with E-state index in [2.05, 4.69) is 28.5 Å². The number of nitrogens with zero attached hydrogens (tertiary/aromatic N) is 4. The number of hydrogen-bond donors (Lipinski definition) is 1. The lowest BCUT2D eigenvalue weighted by Gasteiger charge is -2.35. The highest BCUT2D eigenvalue weighted by Crippen LogP contribution is 2.49. The van der Waals surface area contributed by atoms with E-state index in [-0.39, 0.29) is 5.41 Å². The molecule has 0 bridgehead atoms. The molecule has 0 radical (unpaired) electrons. The van der Waals surface area contributed by atoms with Gasteiger partial charge in [0.05, 0.1) is 18.2 Å². The van der Waals surface area contributed by atoms with Gasteiger partial charge in [-0.15, -0.1) is 0 Å². The molecule has 0 amide bonds. The van der Waals surface area contributed by atoms with Crippen LogP contribution in [0, 0.1) is 18.0 Å². The van der Waals surface area contributed by atoms with Gasteiger partial charge in [-0.25, -0.2) is 4.99 Å². The van der Waals surface area contributed by atoms with Crippen LogP contribution in [-0.4, -0.2) is 10.4 Å². The Bertz CT molecular complexity index is 945. The van der Waals surface area contributed by atoms with Gasteiger partial charge in [-0.3, -0.25) is 9.88 Å². The highest BCUT2D eigenvalue weighted by molar-refractivity contribution is 6.01. The molecule has 4 rings (SSSR count). The zero-order valence-electron chi connectivity index (χ0n) is 14.2. The van der Waals surface area contributed by atoms with Crippen molar-refractivity contribution in [2.75, 3.05) is 0 Å². The summed E-state index contributed by atoms with van der Waals surface area (Å²) in [4.78, 5) is 8.28. The Hall–Kier alpha value is -3.05. The van der Waals surface area contributed by atoms with Crippen LogP contribution in [0.3, 0.4) is 0 Å². The third-order valence-electron chi connectivity index (χ3n) is 5.58. The van der Waals surface area contributed by atoms with E-state index in [0.29, 0.717) is 5.82 Å². The van der Waals surface area contributed by atoms with Gasteiger partial charge in [0, 0.05) is 5.56 Å². The maximum atomic E-state index is 9.15. The van der Waals surface area contributed by atoms with Crippen LogP contribution in [-0.2, 0) is 12.5 Å². The molecule has 0 unspecified atom stereocenters. The molecule has 2 aliphatic rings.